The molecule has 3 rings (SSSR count). The molecule has 0 saturated heterocycles. The van der Waals surface area contributed by atoms with Gasteiger partial charge in [-0.25, -0.2) is 0 Å². The third kappa shape index (κ3) is 2.96. The van der Waals surface area contributed by atoms with Gasteiger partial charge in [0, 0.05) is 24.6 Å². The molecule has 0 atom stereocenters. The van der Waals surface area contributed by atoms with Crippen LogP contribution in [-0.4, -0.2) is 17.5 Å². The first-order valence-electron chi connectivity index (χ1n) is 7.56. The van der Waals surface area contributed by atoms with Gasteiger partial charge in [0.2, 0.25) is 17.5 Å². The molecule has 0 aromatic heterocycles. The molecule has 0 fully saturated rings. The lowest BCUT2D eigenvalue weighted by molar-refractivity contribution is -0.118. The molecule has 0 heterocycles. The van der Waals surface area contributed by atoms with E-state index in [9.17, 15) is 14.4 Å². The van der Waals surface area contributed by atoms with E-state index in [-0.39, 0.29) is 23.0 Å². The molecule has 1 amide bonds. The Morgan fingerprint density at radius 2 is 1.38 bits per heavy atom. The highest BCUT2D eigenvalue weighted by atomic mass is 16.2. The second-order valence-corrected chi connectivity index (χ2v) is 5.47. The van der Waals surface area contributed by atoms with E-state index in [0.717, 1.165) is 5.56 Å². The monoisotopic (exact) mass is 320 g/mol. The van der Waals surface area contributed by atoms with Gasteiger partial charge in [-0.1, -0.05) is 54.6 Å². The maximum absolute atomic E-state index is 12.8. The topological polar surface area (TPSA) is 75.3 Å². The van der Waals surface area contributed by atoms with Crippen molar-refractivity contribution >= 4 is 17.5 Å². The van der Waals surface area contributed by atoms with Gasteiger partial charge in [0.25, 0.3) is 0 Å². The maximum atomic E-state index is 12.8. The van der Waals surface area contributed by atoms with E-state index in [1.165, 1.54) is 6.92 Å². The van der Waals surface area contributed by atoms with Crippen LogP contribution in [-0.2, 0) is 11.3 Å². The molecule has 24 heavy (non-hydrogen) atoms. The molecular weight excluding hydrogens is 304 g/mol. The molecule has 2 aromatic carbocycles. The molecule has 0 saturated carbocycles. The van der Waals surface area contributed by atoms with Crippen LogP contribution >= 0.6 is 0 Å². The van der Waals surface area contributed by atoms with Gasteiger partial charge in [0.1, 0.15) is 11.4 Å². The Bertz CT molecular complexity index is 854. The van der Waals surface area contributed by atoms with Crippen molar-refractivity contribution in [3.05, 3.63) is 82.7 Å². The number of ketones is 2. The Kier molecular flexibility index (Phi) is 4.24. The van der Waals surface area contributed by atoms with Crippen LogP contribution in [0.5, 0.6) is 0 Å². The summed E-state index contributed by atoms with van der Waals surface area (Å²) in [5, 5.41) is 5.51. The van der Waals surface area contributed by atoms with Gasteiger partial charge in [-0.2, -0.15) is 0 Å². The summed E-state index contributed by atoms with van der Waals surface area (Å²) >= 11 is 0. The van der Waals surface area contributed by atoms with Crippen LogP contribution in [0.2, 0.25) is 0 Å². The summed E-state index contributed by atoms with van der Waals surface area (Å²) in [6.07, 6.45) is 0. The van der Waals surface area contributed by atoms with E-state index in [0.29, 0.717) is 17.7 Å². The van der Waals surface area contributed by atoms with Crippen LogP contribution < -0.4 is 10.6 Å². The highest BCUT2D eigenvalue weighted by Gasteiger charge is 2.32. The third-order valence-electron chi connectivity index (χ3n) is 3.73. The number of benzene rings is 2. The van der Waals surface area contributed by atoms with Crippen molar-refractivity contribution in [2.45, 2.75) is 13.5 Å². The van der Waals surface area contributed by atoms with Gasteiger partial charge in [-0.05, 0) is 5.56 Å². The molecule has 1 aliphatic carbocycles. The second-order valence-electron chi connectivity index (χ2n) is 5.47. The molecule has 0 spiro atoms. The van der Waals surface area contributed by atoms with E-state index in [1.54, 1.807) is 24.3 Å². The van der Waals surface area contributed by atoms with Gasteiger partial charge < -0.3 is 10.6 Å². The van der Waals surface area contributed by atoms with Gasteiger partial charge in [0.05, 0.1) is 0 Å². The number of nitrogens with one attached hydrogen (secondary N) is 2. The van der Waals surface area contributed by atoms with E-state index >= 15 is 0 Å². The van der Waals surface area contributed by atoms with Crippen LogP contribution in [0.15, 0.2) is 66.0 Å². The molecule has 0 aliphatic heterocycles. The zero-order valence-corrected chi connectivity index (χ0v) is 13.1. The minimum Gasteiger partial charge on any atom is -0.376 e. The summed E-state index contributed by atoms with van der Waals surface area (Å²) in [5.74, 6) is -1.06. The Morgan fingerprint density at radius 1 is 0.833 bits per heavy atom. The standard InChI is InChI=1S/C19H16N2O3/c1-12(22)21-17-16(20-11-13-7-3-2-4-8-13)18(23)14-9-5-6-10-15(14)19(17)24/h2-10,20H,11H2,1H3,(H,21,22). The van der Waals surface area contributed by atoms with E-state index in [1.807, 2.05) is 30.3 Å². The van der Waals surface area contributed by atoms with Gasteiger partial charge in [-0.3, -0.25) is 14.4 Å². The van der Waals surface area contributed by atoms with Crippen LogP contribution in [0.4, 0.5) is 0 Å². The van der Waals surface area contributed by atoms with Crippen molar-refractivity contribution in [2.75, 3.05) is 0 Å². The van der Waals surface area contributed by atoms with E-state index in [2.05, 4.69) is 10.6 Å². The highest BCUT2D eigenvalue weighted by Crippen LogP contribution is 2.24. The van der Waals surface area contributed by atoms with Crippen molar-refractivity contribution in [1.29, 1.82) is 0 Å². The summed E-state index contributed by atoms with van der Waals surface area (Å²) in [4.78, 5) is 36.9. The quantitative estimate of drug-likeness (QED) is 0.905. The Labute approximate surface area is 139 Å². The summed E-state index contributed by atoms with van der Waals surface area (Å²) in [6, 6.07) is 16.1. The number of amides is 1. The fourth-order valence-corrected chi connectivity index (χ4v) is 2.63. The molecule has 0 radical (unpaired) electrons. The van der Waals surface area contributed by atoms with Crippen molar-refractivity contribution in [1.82, 2.24) is 10.6 Å². The number of allylic oxidation sites excluding steroid dienone is 2. The third-order valence-corrected chi connectivity index (χ3v) is 3.73. The summed E-state index contributed by atoms with van der Waals surface area (Å²) in [6.45, 7) is 1.68. The maximum Gasteiger partial charge on any atom is 0.221 e. The first-order chi connectivity index (χ1) is 11.6. The molecule has 5 heteroatoms. The van der Waals surface area contributed by atoms with E-state index in [4.69, 9.17) is 0 Å². The number of carbonyl (C=O) groups excluding carboxylic acids is 3. The molecular formula is C19H16N2O3. The number of hydrogen-bond acceptors (Lipinski definition) is 4. The summed E-state index contributed by atoms with van der Waals surface area (Å²) in [5.41, 5.74) is 1.73. The van der Waals surface area contributed by atoms with Crippen molar-refractivity contribution in [3.63, 3.8) is 0 Å². The Hall–Kier alpha value is -3.21. The largest absolute Gasteiger partial charge is 0.376 e. The van der Waals surface area contributed by atoms with Gasteiger partial charge >= 0.3 is 0 Å². The lowest BCUT2D eigenvalue weighted by atomic mass is 9.90. The minimum atomic E-state index is -0.399. The average Bonchev–Trinajstić information content (AvgIpc) is 2.59. The number of Topliss-reactive ketones (excluding diaryl/α,β-unsaturated/α-hetero) is 2. The van der Waals surface area contributed by atoms with Crippen LogP contribution in [0.25, 0.3) is 0 Å². The van der Waals surface area contributed by atoms with Gasteiger partial charge in [-0.15, -0.1) is 0 Å². The van der Waals surface area contributed by atoms with Crippen LogP contribution in [0, 0.1) is 0 Å². The predicted molar refractivity (Wildman–Crippen MR) is 89.2 cm³/mol. The molecule has 1 aliphatic rings. The Morgan fingerprint density at radius 3 is 1.96 bits per heavy atom. The summed E-state index contributed by atoms with van der Waals surface area (Å²) in [7, 11) is 0. The van der Waals surface area contributed by atoms with E-state index < -0.39 is 5.91 Å². The van der Waals surface area contributed by atoms with Crippen molar-refractivity contribution in [2.24, 2.45) is 0 Å². The normalized spacial score (nSPS) is 13.5. The van der Waals surface area contributed by atoms with Crippen molar-refractivity contribution < 1.29 is 14.4 Å². The second kappa shape index (κ2) is 6.50. The minimum absolute atomic E-state index is 0.00197. The molecule has 120 valence electrons. The zero-order chi connectivity index (χ0) is 17.1. The van der Waals surface area contributed by atoms with Crippen molar-refractivity contribution in [3.8, 4) is 0 Å². The first kappa shape index (κ1) is 15.7. The van der Waals surface area contributed by atoms with Crippen LogP contribution in [0.3, 0.4) is 0 Å². The lowest BCUT2D eigenvalue weighted by Gasteiger charge is -2.22. The molecule has 0 bridgehead atoms. The molecule has 2 aromatic rings. The number of fused-ring (bicyclic) bond motifs is 1. The number of rotatable bonds is 4. The predicted octanol–water partition coefficient (Wildman–Crippen LogP) is 2.20. The number of hydrogen-bond donors (Lipinski definition) is 2. The lowest BCUT2D eigenvalue weighted by Crippen LogP contribution is -2.37. The molecule has 5 nitrogen and oxygen atoms in total. The summed E-state index contributed by atoms with van der Waals surface area (Å²) < 4.78 is 0. The van der Waals surface area contributed by atoms with Gasteiger partial charge in [0.15, 0.2) is 0 Å². The molecule has 2 N–H and O–H groups in total. The Balaban J connectivity index is 1.99. The van der Waals surface area contributed by atoms with Crippen LogP contribution in [0.1, 0.15) is 33.2 Å². The highest BCUT2D eigenvalue weighted by molar-refractivity contribution is 6.27. The fraction of sp³-hybridized carbons (Fsp3) is 0.105. The average molecular weight is 320 g/mol. The smallest absolute Gasteiger partial charge is 0.221 e. The number of carbonyl (C=O) groups is 3. The molecule has 0 unspecified atom stereocenters. The fourth-order valence-electron chi connectivity index (χ4n) is 2.63. The SMILES string of the molecule is CC(=O)NC1=C(NCc2ccccc2)C(=O)c2ccccc2C1=O. The first-order valence-corrected chi connectivity index (χ1v) is 7.56. The zero-order valence-electron chi connectivity index (χ0n) is 13.1.